The Labute approximate surface area is 139 Å². The molecule has 0 radical (unpaired) electrons. The molecule has 8 heteroatoms. The minimum Gasteiger partial charge on any atom is -0.300 e. The summed E-state index contributed by atoms with van der Waals surface area (Å²) in [5.41, 5.74) is 0. The standard InChI is InChI=1S/C15H19N3O3S2/c1-3-7-11(2)14-17-18-15(22-14)16-13(19)10-23(20,21)12-8-5-4-6-9-12/h4-6,8-9,11H,3,7,10H2,1-2H3,(H,16,18,19). The maximum Gasteiger partial charge on any atom is 0.241 e. The van der Waals surface area contributed by atoms with Crippen LogP contribution in [0.25, 0.3) is 0 Å². The highest BCUT2D eigenvalue weighted by Gasteiger charge is 2.20. The Kier molecular flexibility index (Phi) is 5.84. The van der Waals surface area contributed by atoms with Gasteiger partial charge in [0.15, 0.2) is 9.84 Å². The van der Waals surface area contributed by atoms with Crippen molar-refractivity contribution in [2.24, 2.45) is 0 Å². The minimum atomic E-state index is -3.65. The van der Waals surface area contributed by atoms with Crippen molar-refractivity contribution >= 4 is 32.2 Å². The van der Waals surface area contributed by atoms with E-state index < -0.39 is 21.5 Å². The maximum atomic E-state index is 12.1. The predicted molar refractivity (Wildman–Crippen MR) is 90.4 cm³/mol. The molecule has 1 aromatic carbocycles. The summed E-state index contributed by atoms with van der Waals surface area (Å²) in [5.74, 6) is -0.952. The molecule has 2 rings (SSSR count). The van der Waals surface area contributed by atoms with Crippen LogP contribution in [0.4, 0.5) is 5.13 Å². The van der Waals surface area contributed by atoms with Gasteiger partial charge in [-0.1, -0.05) is 49.8 Å². The van der Waals surface area contributed by atoms with E-state index in [0.717, 1.165) is 17.8 Å². The second kappa shape index (κ2) is 7.65. The smallest absolute Gasteiger partial charge is 0.241 e. The van der Waals surface area contributed by atoms with E-state index >= 15 is 0 Å². The van der Waals surface area contributed by atoms with Crippen LogP contribution in [0.3, 0.4) is 0 Å². The van der Waals surface area contributed by atoms with Crippen LogP contribution in [-0.2, 0) is 14.6 Å². The first-order valence-corrected chi connectivity index (χ1v) is 9.80. The van der Waals surface area contributed by atoms with Crippen molar-refractivity contribution in [3.8, 4) is 0 Å². The van der Waals surface area contributed by atoms with Crippen LogP contribution in [0.5, 0.6) is 0 Å². The van der Waals surface area contributed by atoms with Crippen molar-refractivity contribution in [2.45, 2.75) is 37.5 Å². The Morgan fingerprint density at radius 1 is 1.26 bits per heavy atom. The van der Waals surface area contributed by atoms with Gasteiger partial charge in [0.25, 0.3) is 0 Å². The van der Waals surface area contributed by atoms with Crippen LogP contribution in [-0.4, -0.2) is 30.3 Å². The second-order valence-electron chi connectivity index (χ2n) is 5.26. The third-order valence-corrected chi connectivity index (χ3v) is 5.96. The van der Waals surface area contributed by atoms with E-state index in [1.807, 2.05) is 0 Å². The monoisotopic (exact) mass is 353 g/mol. The van der Waals surface area contributed by atoms with E-state index in [1.165, 1.54) is 23.5 Å². The lowest BCUT2D eigenvalue weighted by Gasteiger charge is -2.04. The number of nitrogens with zero attached hydrogens (tertiary/aromatic N) is 2. The summed E-state index contributed by atoms with van der Waals surface area (Å²) < 4.78 is 24.3. The Bertz CT molecular complexity index is 757. The molecule has 1 amide bonds. The lowest BCUT2D eigenvalue weighted by Crippen LogP contribution is -2.22. The molecule has 0 aliphatic rings. The van der Waals surface area contributed by atoms with Gasteiger partial charge in [0.2, 0.25) is 11.0 Å². The quantitative estimate of drug-likeness (QED) is 0.827. The molecule has 0 bridgehead atoms. The number of aromatic nitrogens is 2. The summed E-state index contributed by atoms with van der Waals surface area (Å²) in [7, 11) is -3.65. The number of hydrogen-bond acceptors (Lipinski definition) is 6. The summed E-state index contributed by atoms with van der Waals surface area (Å²) >= 11 is 1.28. The van der Waals surface area contributed by atoms with E-state index in [1.54, 1.807) is 18.2 Å². The number of carbonyl (C=O) groups is 1. The van der Waals surface area contributed by atoms with E-state index in [4.69, 9.17) is 0 Å². The fourth-order valence-electron chi connectivity index (χ4n) is 2.08. The minimum absolute atomic E-state index is 0.129. The van der Waals surface area contributed by atoms with Crippen LogP contribution in [0, 0.1) is 0 Å². The molecule has 124 valence electrons. The van der Waals surface area contributed by atoms with Crippen molar-refractivity contribution < 1.29 is 13.2 Å². The van der Waals surface area contributed by atoms with Crippen molar-refractivity contribution in [3.05, 3.63) is 35.3 Å². The molecule has 1 heterocycles. The topological polar surface area (TPSA) is 89.0 Å². The van der Waals surface area contributed by atoms with E-state index in [0.29, 0.717) is 5.13 Å². The van der Waals surface area contributed by atoms with Crippen LogP contribution in [0.1, 0.15) is 37.6 Å². The normalized spacial score (nSPS) is 12.8. The third kappa shape index (κ3) is 4.84. The van der Waals surface area contributed by atoms with Gasteiger partial charge in [-0.05, 0) is 18.6 Å². The summed E-state index contributed by atoms with van der Waals surface area (Å²) in [6.07, 6.45) is 2.03. The SMILES string of the molecule is CCCC(C)c1nnc(NC(=O)CS(=O)(=O)c2ccccc2)s1. The molecular formula is C15H19N3O3S2. The molecule has 2 aromatic rings. The largest absolute Gasteiger partial charge is 0.300 e. The first-order valence-electron chi connectivity index (χ1n) is 7.33. The van der Waals surface area contributed by atoms with Crippen molar-refractivity contribution in [3.63, 3.8) is 0 Å². The number of rotatable bonds is 7. The fourth-order valence-corrected chi connectivity index (χ4v) is 4.08. The molecule has 0 aliphatic carbocycles. The number of hydrogen-bond donors (Lipinski definition) is 1. The van der Waals surface area contributed by atoms with Gasteiger partial charge in [-0.2, -0.15) is 0 Å². The molecule has 1 atom stereocenters. The Balaban J connectivity index is 2.00. The molecule has 0 fully saturated rings. The zero-order valence-electron chi connectivity index (χ0n) is 13.0. The Hall–Kier alpha value is -1.80. The molecule has 6 nitrogen and oxygen atoms in total. The zero-order valence-corrected chi connectivity index (χ0v) is 14.7. The van der Waals surface area contributed by atoms with Crippen molar-refractivity contribution in [2.75, 3.05) is 11.1 Å². The molecule has 1 unspecified atom stereocenters. The van der Waals surface area contributed by atoms with Crippen LogP contribution in [0.15, 0.2) is 35.2 Å². The average Bonchev–Trinajstić information content (AvgIpc) is 2.96. The highest BCUT2D eigenvalue weighted by atomic mass is 32.2. The molecule has 1 aromatic heterocycles. The molecule has 0 saturated heterocycles. The van der Waals surface area contributed by atoms with Gasteiger partial charge >= 0.3 is 0 Å². The Morgan fingerprint density at radius 3 is 2.61 bits per heavy atom. The number of benzene rings is 1. The van der Waals surface area contributed by atoms with Gasteiger partial charge in [-0.3, -0.25) is 10.1 Å². The number of anilines is 1. The number of sulfone groups is 1. The molecular weight excluding hydrogens is 334 g/mol. The van der Waals surface area contributed by atoms with Gasteiger partial charge in [-0.15, -0.1) is 10.2 Å². The van der Waals surface area contributed by atoms with Crippen molar-refractivity contribution in [1.29, 1.82) is 0 Å². The van der Waals surface area contributed by atoms with Crippen LogP contribution < -0.4 is 5.32 Å². The van der Waals surface area contributed by atoms with E-state index in [2.05, 4.69) is 29.4 Å². The van der Waals surface area contributed by atoms with Gasteiger partial charge in [0, 0.05) is 5.92 Å². The molecule has 1 N–H and O–H groups in total. The highest BCUT2D eigenvalue weighted by Crippen LogP contribution is 2.26. The fraction of sp³-hybridized carbons (Fsp3) is 0.400. The van der Waals surface area contributed by atoms with Gasteiger partial charge in [0.05, 0.1) is 4.90 Å². The van der Waals surface area contributed by atoms with Crippen molar-refractivity contribution in [1.82, 2.24) is 10.2 Å². The summed E-state index contributed by atoms with van der Waals surface area (Å²) in [6.45, 7) is 4.14. The Morgan fingerprint density at radius 2 is 1.96 bits per heavy atom. The van der Waals surface area contributed by atoms with E-state index in [9.17, 15) is 13.2 Å². The second-order valence-corrected chi connectivity index (χ2v) is 8.25. The van der Waals surface area contributed by atoms with Crippen LogP contribution in [0.2, 0.25) is 0 Å². The van der Waals surface area contributed by atoms with Gasteiger partial charge in [0.1, 0.15) is 10.8 Å². The first-order chi connectivity index (χ1) is 10.9. The first kappa shape index (κ1) is 17.6. The number of carbonyl (C=O) groups excluding carboxylic acids is 1. The summed E-state index contributed by atoms with van der Waals surface area (Å²) in [4.78, 5) is 12.1. The molecule has 0 saturated carbocycles. The molecule has 23 heavy (non-hydrogen) atoms. The molecule has 0 aliphatic heterocycles. The predicted octanol–water partition coefficient (Wildman–Crippen LogP) is 2.85. The molecule has 0 spiro atoms. The number of amides is 1. The van der Waals surface area contributed by atoms with E-state index in [-0.39, 0.29) is 10.8 Å². The zero-order chi connectivity index (χ0) is 16.9. The lowest BCUT2D eigenvalue weighted by atomic mass is 10.1. The highest BCUT2D eigenvalue weighted by molar-refractivity contribution is 7.92. The summed E-state index contributed by atoms with van der Waals surface area (Å²) in [6, 6.07) is 7.91. The number of nitrogens with one attached hydrogen (secondary N) is 1. The van der Waals surface area contributed by atoms with Crippen LogP contribution >= 0.6 is 11.3 Å². The van der Waals surface area contributed by atoms with Gasteiger partial charge < -0.3 is 0 Å². The lowest BCUT2D eigenvalue weighted by molar-refractivity contribution is -0.113. The van der Waals surface area contributed by atoms with Gasteiger partial charge in [-0.25, -0.2) is 8.42 Å². The third-order valence-electron chi connectivity index (χ3n) is 3.25. The maximum absolute atomic E-state index is 12.1. The average molecular weight is 353 g/mol. The summed E-state index contributed by atoms with van der Waals surface area (Å²) in [5, 5.41) is 11.6.